The van der Waals surface area contributed by atoms with E-state index in [2.05, 4.69) is 133 Å². The summed E-state index contributed by atoms with van der Waals surface area (Å²) in [5.74, 6) is 0. The van der Waals surface area contributed by atoms with Crippen LogP contribution in [0.15, 0.2) is 140 Å². The van der Waals surface area contributed by atoms with E-state index in [1.165, 1.54) is 32.0 Å². The molecule has 0 N–H and O–H groups in total. The Morgan fingerprint density at radius 3 is 1.16 bits per heavy atom. The van der Waals surface area contributed by atoms with Gasteiger partial charge in [0.2, 0.25) is 0 Å². The second kappa shape index (κ2) is 10.0. The van der Waals surface area contributed by atoms with Crippen LogP contribution < -0.4 is 32.0 Å². The van der Waals surface area contributed by atoms with E-state index in [4.69, 9.17) is 4.98 Å². The molecule has 0 spiro atoms. The Labute approximate surface area is 192 Å². The normalized spacial score (nSPS) is 11.1. The largest absolute Gasteiger partial charge is 0.255 e. The van der Waals surface area contributed by atoms with Gasteiger partial charge in [0.05, 0.1) is 5.44 Å². The number of pyridine rings is 1. The van der Waals surface area contributed by atoms with Gasteiger partial charge in [-0.1, -0.05) is 127 Å². The SMILES string of the molecule is c1ccc(P(c2ccccc2)c2cccnc2P(c2ccccc2)c2ccccc2)cc1. The first-order chi connectivity index (χ1) is 15.9. The summed E-state index contributed by atoms with van der Waals surface area (Å²) >= 11 is 0. The second-order valence-corrected chi connectivity index (χ2v) is 11.7. The molecular weight excluding hydrogens is 424 g/mol. The second-order valence-electron chi connectivity index (χ2n) is 7.36. The number of hydrogen-bond acceptors (Lipinski definition) is 1. The zero-order valence-electron chi connectivity index (χ0n) is 17.6. The minimum Gasteiger partial charge on any atom is -0.255 e. The fraction of sp³-hybridized carbons (Fsp3) is 0. The Bertz CT molecular complexity index is 1080. The molecule has 32 heavy (non-hydrogen) atoms. The van der Waals surface area contributed by atoms with E-state index in [1.54, 1.807) is 0 Å². The van der Waals surface area contributed by atoms with Crippen LogP contribution in [0.25, 0.3) is 0 Å². The number of rotatable bonds is 6. The first-order valence-electron chi connectivity index (χ1n) is 10.7. The summed E-state index contributed by atoms with van der Waals surface area (Å²) in [4.78, 5) is 5.05. The third kappa shape index (κ3) is 4.42. The molecule has 0 aliphatic carbocycles. The van der Waals surface area contributed by atoms with E-state index in [0.29, 0.717) is 0 Å². The van der Waals surface area contributed by atoms with Crippen molar-refractivity contribution in [3.8, 4) is 0 Å². The van der Waals surface area contributed by atoms with Crippen LogP contribution in [0.1, 0.15) is 0 Å². The molecule has 0 aliphatic rings. The van der Waals surface area contributed by atoms with Crippen molar-refractivity contribution in [3.05, 3.63) is 140 Å². The third-order valence-corrected chi connectivity index (χ3v) is 10.3. The van der Waals surface area contributed by atoms with Gasteiger partial charge < -0.3 is 0 Å². The van der Waals surface area contributed by atoms with E-state index in [0.717, 1.165) is 0 Å². The molecule has 1 aromatic heterocycles. The van der Waals surface area contributed by atoms with Gasteiger partial charge in [-0.05, 0) is 35.2 Å². The van der Waals surface area contributed by atoms with Crippen molar-refractivity contribution < 1.29 is 0 Å². The lowest BCUT2D eigenvalue weighted by Gasteiger charge is -2.26. The Balaban J connectivity index is 1.74. The molecule has 0 bridgehead atoms. The van der Waals surface area contributed by atoms with E-state index in [9.17, 15) is 0 Å². The van der Waals surface area contributed by atoms with Crippen LogP contribution in [-0.4, -0.2) is 4.98 Å². The zero-order chi connectivity index (χ0) is 21.6. The standard InChI is InChI=1S/C29H23NP2/c1-5-14-24(15-6-1)31(25-16-7-2-8-17-25)28-22-13-23-30-29(28)32(26-18-9-3-10-19-26)27-20-11-4-12-21-27/h1-23H. The molecule has 0 amide bonds. The molecule has 0 saturated carbocycles. The molecule has 0 unspecified atom stereocenters. The zero-order valence-corrected chi connectivity index (χ0v) is 19.4. The quantitative estimate of drug-likeness (QED) is 0.347. The molecule has 0 radical (unpaired) electrons. The number of nitrogens with zero attached hydrogens (tertiary/aromatic N) is 1. The summed E-state index contributed by atoms with van der Waals surface area (Å²) < 4.78 is 0. The van der Waals surface area contributed by atoms with Gasteiger partial charge in [0.25, 0.3) is 0 Å². The molecule has 3 heteroatoms. The molecule has 1 nitrogen and oxygen atoms in total. The Kier molecular flexibility index (Phi) is 6.50. The van der Waals surface area contributed by atoms with Crippen LogP contribution in [-0.2, 0) is 0 Å². The maximum absolute atomic E-state index is 5.05. The van der Waals surface area contributed by atoms with Crippen LogP contribution >= 0.6 is 15.8 Å². The molecule has 1 heterocycles. The first kappa shape index (κ1) is 20.8. The third-order valence-electron chi connectivity index (χ3n) is 5.28. The summed E-state index contributed by atoms with van der Waals surface area (Å²) in [6.07, 6.45) is 1.95. The molecule has 5 aromatic rings. The lowest BCUT2D eigenvalue weighted by atomic mass is 10.4. The predicted molar refractivity (Wildman–Crippen MR) is 142 cm³/mol. The van der Waals surface area contributed by atoms with E-state index >= 15 is 0 Å². The number of aromatic nitrogens is 1. The minimum absolute atomic E-state index is 0.726. The highest BCUT2D eigenvalue weighted by atomic mass is 31.1. The summed E-state index contributed by atoms with van der Waals surface area (Å²) in [5, 5.41) is 6.67. The van der Waals surface area contributed by atoms with E-state index < -0.39 is 15.8 Å². The molecule has 0 saturated heterocycles. The Hall–Kier alpha value is -3.11. The number of benzene rings is 4. The number of hydrogen-bond donors (Lipinski definition) is 0. The van der Waals surface area contributed by atoms with Crippen LogP contribution in [0, 0.1) is 0 Å². The molecular formula is C29H23NP2. The average molecular weight is 447 g/mol. The highest BCUT2D eigenvalue weighted by Gasteiger charge is 2.26. The van der Waals surface area contributed by atoms with Gasteiger partial charge in [-0.3, -0.25) is 4.98 Å². The maximum atomic E-state index is 5.05. The smallest absolute Gasteiger partial charge is 0.0803 e. The van der Waals surface area contributed by atoms with Gasteiger partial charge >= 0.3 is 0 Å². The van der Waals surface area contributed by atoms with Crippen LogP contribution in [0.5, 0.6) is 0 Å². The van der Waals surface area contributed by atoms with E-state index in [-0.39, 0.29) is 0 Å². The highest BCUT2D eigenvalue weighted by molar-refractivity contribution is 7.85. The monoisotopic (exact) mass is 447 g/mol. The highest BCUT2D eigenvalue weighted by Crippen LogP contribution is 2.38. The van der Waals surface area contributed by atoms with Crippen molar-refractivity contribution >= 4 is 47.8 Å². The van der Waals surface area contributed by atoms with Gasteiger partial charge in [0.1, 0.15) is 0 Å². The summed E-state index contributed by atoms with van der Waals surface area (Å²) in [7, 11) is -1.50. The Morgan fingerprint density at radius 2 is 0.750 bits per heavy atom. The van der Waals surface area contributed by atoms with Crippen LogP contribution in [0.4, 0.5) is 0 Å². The molecule has 154 valence electrons. The van der Waals surface area contributed by atoms with Gasteiger partial charge in [-0.2, -0.15) is 0 Å². The summed E-state index contributed by atoms with van der Waals surface area (Å²) in [6, 6.07) is 47.8. The van der Waals surface area contributed by atoms with Crippen LogP contribution in [0.3, 0.4) is 0 Å². The lowest BCUT2D eigenvalue weighted by Crippen LogP contribution is -2.36. The topological polar surface area (TPSA) is 12.9 Å². The summed E-state index contributed by atoms with van der Waals surface area (Å²) in [5.41, 5.74) is 1.19. The molecule has 5 rings (SSSR count). The van der Waals surface area contributed by atoms with Crippen molar-refractivity contribution in [1.29, 1.82) is 0 Å². The fourth-order valence-electron chi connectivity index (χ4n) is 3.86. The van der Waals surface area contributed by atoms with Crippen LogP contribution in [0.2, 0.25) is 0 Å². The summed E-state index contributed by atoms with van der Waals surface area (Å²) in [6.45, 7) is 0. The van der Waals surface area contributed by atoms with Gasteiger partial charge in [0.15, 0.2) is 0 Å². The minimum atomic E-state index is -0.775. The van der Waals surface area contributed by atoms with Gasteiger partial charge in [-0.25, -0.2) is 0 Å². The van der Waals surface area contributed by atoms with Crippen molar-refractivity contribution in [2.45, 2.75) is 0 Å². The van der Waals surface area contributed by atoms with E-state index in [1.807, 2.05) is 6.20 Å². The first-order valence-corrected chi connectivity index (χ1v) is 13.4. The predicted octanol–water partition coefficient (Wildman–Crippen LogP) is 4.60. The van der Waals surface area contributed by atoms with Gasteiger partial charge in [-0.15, -0.1) is 0 Å². The van der Waals surface area contributed by atoms with Gasteiger partial charge in [0, 0.05) is 19.4 Å². The molecule has 0 aliphatic heterocycles. The molecule has 0 atom stereocenters. The van der Waals surface area contributed by atoms with Crippen molar-refractivity contribution in [1.82, 2.24) is 4.98 Å². The molecule has 0 fully saturated rings. The van der Waals surface area contributed by atoms with Crippen molar-refractivity contribution in [2.75, 3.05) is 0 Å². The average Bonchev–Trinajstić information content (AvgIpc) is 2.88. The van der Waals surface area contributed by atoms with Crippen molar-refractivity contribution in [3.63, 3.8) is 0 Å². The maximum Gasteiger partial charge on any atom is 0.0803 e. The lowest BCUT2D eigenvalue weighted by molar-refractivity contribution is 1.41. The Morgan fingerprint density at radius 1 is 0.375 bits per heavy atom. The van der Waals surface area contributed by atoms with Crippen molar-refractivity contribution in [2.24, 2.45) is 0 Å². The fourth-order valence-corrected chi connectivity index (χ4v) is 8.97. The molecule has 4 aromatic carbocycles.